The molecular formula is C11H19N2O2. The Labute approximate surface area is 90.8 Å². The molecule has 85 valence electrons. The molecular weight excluding hydrogens is 192 g/mol. The van der Waals surface area contributed by atoms with Crippen molar-refractivity contribution in [2.45, 2.75) is 44.6 Å². The van der Waals surface area contributed by atoms with Crippen molar-refractivity contribution in [2.75, 3.05) is 13.1 Å². The highest BCUT2D eigenvalue weighted by atomic mass is 16.2. The zero-order chi connectivity index (χ0) is 11.1. The van der Waals surface area contributed by atoms with Gasteiger partial charge in [-0.15, -0.1) is 0 Å². The molecule has 0 aromatic carbocycles. The summed E-state index contributed by atoms with van der Waals surface area (Å²) in [5.74, 6) is -0.134. The molecule has 0 aliphatic heterocycles. The van der Waals surface area contributed by atoms with Crippen molar-refractivity contribution in [1.82, 2.24) is 4.90 Å². The molecule has 0 spiro atoms. The van der Waals surface area contributed by atoms with Gasteiger partial charge in [0.15, 0.2) is 0 Å². The minimum Gasteiger partial charge on any atom is -0.331 e. The number of carbonyl (C=O) groups excluding carboxylic acids is 2. The van der Waals surface area contributed by atoms with Gasteiger partial charge in [0.1, 0.15) is 0 Å². The van der Waals surface area contributed by atoms with E-state index >= 15 is 0 Å². The highest BCUT2D eigenvalue weighted by Crippen LogP contribution is 2.21. The van der Waals surface area contributed by atoms with Crippen LogP contribution >= 0.6 is 0 Å². The van der Waals surface area contributed by atoms with Crippen molar-refractivity contribution in [3.8, 4) is 0 Å². The summed E-state index contributed by atoms with van der Waals surface area (Å²) < 4.78 is 0. The summed E-state index contributed by atoms with van der Waals surface area (Å²) in [5.41, 5.74) is 5.33. The number of hydrogen-bond acceptors (Lipinski definition) is 3. The lowest BCUT2D eigenvalue weighted by atomic mass is 10.1. The van der Waals surface area contributed by atoms with Crippen molar-refractivity contribution >= 4 is 12.2 Å². The Bertz CT molecular complexity index is 211. The molecule has 15 heavy (non-hydrogen) atoms. The third-order valence-electron chi connectivity index (χ3n) is 3.00. The minimum atomic E-state index is -0.134. The Morgan fingerprint density at radius 3 is 2.33 bits per heavy atom. The summed E-state index contributed by atoms with van der Waals surface area (Å²) in [6, 6.07) is 0.199. The number of amides is 1. The number of carbonyl (C=O) groups is 1. The van der Waals surface area contributed by atoms with Gasteiger partial charge in [-0.05, 0) is 12.8 Å². The summed E-state index contributed by atoms with van der Waals surface area (Å²) in [6.07, 6.45) is 8.52. The molecule has 0 atom stereocenters. The fourth-order valence-electron chi connectivity index (χ4n) is 2.18. The van der Waals surface area contributed by atoms with Crippen LogP contribution in [0, 0.1) is 0 Å². The van der Waals surface area contributed by atoms with Crippen LogP contribution in [0.4, 0.5) is 0 Å². The smallest absolute Gasteiger partial charge is 0.236 e. The maximum Gasteiger partial charge on any atom is 0.236 e. The molecule has 1 saturated carbocycles. The topological polar surface area (TPSA) is 63.4 Å². The largest absolute Gasteiger partial charge is 0.331 e. The summed E-state index contributed by atoms with van der Waals surface area (Å²) in [7, 11) is 0. The number of nitrogens with two attached hydrogens (primary N) is 1. The van der Waals surface area contributed by atoms with E-state index < -0.39 is 0 Å². The summed E-state index contributed by atoms with van der Waals surface area (Å²) in [6.45, 7) is 0.0544. The molecule has 2 N–H and O–H groups in total. The van der Waals surface area contributed by atoms with Crippen LogP contribution in [-0.4, -0.2) is 36.2 Å². The first-order valence-electron chi connectivity index (χ1n) is 5.64. The van der Waals surface area contributed by atoms with Crippen molar-refractivity contribution in [1.29, 1.82) is 0 Å². The van der Waals surface area contributed by atoms with E-state index in [4.69, 9.17) is 5.73 Å². The van der Waals surface area contributed by atoms with Gasteiger partial charge < -0.3 is 10.6 Å². The van der Waals surface area contributed by atoms with Crippen LogP contribution in [0.3, 0.4) is 0 Å². The first kappa shape index (κ1) is 12.2. The van der Waals surface area contributed by atoms with Gasteiger partial charge in [0.25, 0.3) is 0 Å². The van der Waals surface area contributed by atoms with Gasteiger partial charge in [0.05, 0.1) is 13.1 Å². The minimum absolute atomic E-state index is 0.0157. The summed E-state index contributed by atoms with van der Waals surface area (Å²) in [4.78, 5) is 23.5. The monoisotopic (exact) mass is 211 g/mol. The van der Waals surface area contributed by atoms with Gasteiger partial charge in [-0.2, -0.15) is 0 Å². The number of nitrogens with zero attached hydrogens (tertiary/aromatic N) is 1. The molecule has 0 aromatic rings. The van der Waals surface area contributed by atoms with Crippen molar-refractivity contribution in [2.24, 2.45) is 5.73 Å². The first-order chi connectivity index (χ1) is 7.29. The molecule has 0 aromatic heterocycles. The second-order valence-corrected chi connectivity index (χ2v) is 4.02. The Kier molecular flexibility index (Phi) is 5.32. The van der Waals surface area contributed by atoms with E-state index in [0.29, 0.717) is 0 Å². The third-order valence-corrected chi connectivity index (χ3v) is 3.00. The zero-order valence-corrected chi connectivity index (χ0v) is 9.08. The molecule has 1 aliphatic carbocycles. The molecule has 1 fully saturated rings. The van der Waals surface area contributed by atoms with E-state index in [1.165, 1.54) is 12.8 Å². The molecule has 0 unspecified atom stereocenters. The molecule has 1 rings (SSSR count). The lowest BCUT2D eigenvalue weighted by Crippen LogP contribution is -2.44. The molecule has 0 heterocycles. The second-order valence-electron chi connectivity index (χ2n) is 4.02. The standard InChI is InChI=1S/C11H19N2O2/c12-9-11(15)13(7-8-14)10-5-3-1-2-4-6-10/h10H,1-7,9,12H2. The van der Waals surface area contributed by atoms with E-state index in [0.717, 1.165) is 25.7 Å². The Hall–Kier alpha value is -0.900. The maximum absolute atomic E-state index is 11.5. The highest BCUT2D eigenvalue weighted by molar-refractivity contribution is 5.80. The lowest BCUT2D eigenvalue weighted by Gasteiger charge is -2.28. The van der Waals surface area contributed by atoms with E-state index in [1.54, 1.807) is 11.2 Å². The van der Waals surface area contributed by atoms with Gasteiger partial charge in [-0.3, -0.25) is 9.59 Å². The van der Waals surface area contributed by atoms with Crippen LogP contribution in [0.2, 0.25) is 0 Å². The first-order valence-corrected chi connectivity index (χ1v) is 5.64. The highest BCUT2D eigenvalue weighted by Gasteiger charge is 2.23. The second kappa shape index (κ2) is 6.56. The van der Waals surface area contributed by atoms with Crippen LogP contribution in [0.15, 0.2) is 0 Å². The number of rotatable bonds is 4. The Balaban J connectivity index is 2.59. The van der Waals surface area contributed by atoms with Crippen molar-refractivity contribution < 1.29 is 9.59 Å². The van der Waals surface area contributed by atoms with E-state index in [9.17, 15) is 9.59 Å². The lowest BCUT2D eigenvalue weighted by molar-refractivity contribution is -0.131. The fourth-order valence-corrected chi connectivity index (χ4v) is 2.18. The van der Waals surface area contributed by atoms with Gasteiger partial charge >= 0.3 is 0 Å². The molecule has 1 radical (unpaired) electrons. The zero-order valence-electron chi connectivity index (χ0n) is 9.08. The maximum atomic E-state index is 11.5. The van der Waals surface area contributed by atoms with E-state index in [2.05, 4.69) is 0 Å². The quantitative estimate of drug-likeness (QED) is 0.693. The fraction of sp³-hybridized carbons (Fsp3) is 0.818. The predicted octanol–water partition coefficient (Wildman–Crippen LogP) is 0.606. The average molecular weight is 211 g/mol. The molecule has 1 amide bonds. The van der Waals surface area contributed by atoms with E-state index in [-0.39, 0.29) is 25.0 Å². The SMILES string of the molecule is NCC(=O)N(C[C]=O)C1CCCCCC1. The van der Waals surface area contributed by atoms with Crippen LogP contribution in [-0.2, 0) is 9.59 Å². The number of hydrogen-bond donors (Lipinski definition) is 1. The van der Waals surface area contributed by atoms with Crippen LogP contribution in [0.25, 0.3) is 0 Å². The van der Waals surface area contributed by atoms with Gasteiger partial charge in [0.2, 0.25) is 12.2 Å². The average Bonchev–Trinajstić information content (AvgIpc) is 2.53. The van der Waals surface area contributed by atoms with Gasteiger partial charge in [0, 0.05) is 6.04 Å². The molecule has 0 saturated heterocycles. The Morgan fingerprint density at radius 2 is 1.87 bits per heavy atom. The summed E-state index contributed by atoms with van der Waals surface area (Å²) in [5, 5.41) is 0. The molecule has 4 heteroatoms. The molecule has 1 aliphatic rings. The van der Waals surface area contributed by atoms with Gasteiger partial charge in [-0.1, -0.05) is 25.7 Å². The predicted molar refractivity (Wildman–Crippen MR) is 58.0 cm³/mol. The molecule has 4 nitrogen and oxygen atoms in total. The van der Waals surface area contributed by atoms with Crippen LogP contribution < -0.4 is 5.73 Å². The van der Waals surface area contributed by atoms with Gasteiger partial charge in [-0.25, -0.2) is 0 Å². The third kappa shape index (κ3) is 3.63. The molecule has 0 bridgehead atoms. The van der Waals surface area contributed by atoms with Crippen LogP contribution in [0.5, 0.6) is 0 Å². The summed E-state index contributed by atoms with van der Waals surface area (Å²) >= 11 is 0. The van der Waals surface area contributed by atoms with Crippen molar-refractivity contribution in [3.63, 3.8) is 0 Å². The van der Waals surface area contributed by atoms with Crippen molar-refractivity contribution in [3.05, 3.63) is 0 Å². The van der Waals surface area contributed by atoms with Crippen LogP contribution in [0.1, 0.15) is 38.5 Å². The normalized spacial score (nSPS) is 18.2. The Morgan fingerprint density at radius 1 is 1.27 bits per heavy atom. The van der Waals surface area contributed by atoms with E-state index in [1.807, 2.05) is 0 Å².